The molecule has 0 aliphatic heterocycles. The van der Waals surface area contributed by atoms with Crippen LogP contribution in [-0.2, 0) is 6.54 Å². The van der Waals surface area contributed by atoms with Gasteiger partial charge in [0.15, 0.2) is 5.69 Å². The number of nitrogens with zero attached hydrogens (tertiary/aromatic N) is 3. The number of aromatic nitrogens is 2. The first-order chi connectivity index (χ1) is 12.7. The van der Waals surface area contributed by atoms with Crippen LogP contribution in [0.4, 0.5) is 11.4 Å². The molecule has 0 radical (unpaired) electrons. The maximum absolute atomic E-state index is 7.35. The van der Waals surface area contributed by atoms with Crippen LogP contribution in [0.5, 0.6) is 0 Å². The van der Waals surface area contributed by atoms with Gasteiger partial charge in [0, 0.05) is 41.9 Å². The highest BCUT2D eigenvalue weighted by Gasteiger charge is 2.14. The van der Waals surface area contributed by atoms with E-state index in [1.807, 2.05) is 49.5 Å². The van der Waals surface area contributed by atoms with Crippen molar-refractivity contribution in [3.63, 3.8) is 0 Å². The Morgan fingerprint density at radius 1 is 1.12 bits per heavy atom. The molecule has 2 aromatic carbocycles. The molecule has 0 aliphatic carbocycles. The molecule has 2 aromatic heterocycles. The van der Waals surface area contributed by atoms with Gasteiger partial charge in [-0.15, -0.1) is 0 Å². The normalized spacial score (nSPS) is 10.8. The zero-order valence-electron chi connectivity index (χ0n) is 14.5. The Hall–Kier alpha value is -3.58. The molecule has 0 atom stereocenters. The Morgan fingerprint density at radius 3 is 2.77 bits per heavy atom. The van der Waals surface area contributed by atoms with E-state index in [1.54, 1.807) is 6.20 Å². The zero-order chi connectivity index (χ0) is 18.1. The second kappa shape index (κ2) is 6.38. The second-order valence-electron chi connectivity index (χ2n) is 6.37. The molecule has 0 amide bonds. The van der Waals surface area contributed by atoms with Gasteiger partial charge in [-0.2, -0.15) is 0 Å². The van der Waals surface area contributed by atoms with Gasteiger partial charge in [0.2, 0.25) is 0 Å². The molecule has 0 unspecified atom stereocenters. The van der Waals surface area contributed by atoms with Crippen LogP contribution in [-0.4, -0.2) is 9.55 Å². The highest BCUT2D eigenvalue weighted by Crippen LogP contribution is 2.36. The monoisotopic (exact) mass is 338 g/mol. The summed E-state index contributed by atoms with van der Waals surface area (Å²) in [5, 5.41) is 1.07. The Bertz CT molecular complexity index is 1130. The van der Waals surface area contributed by atoms with Crippen molar-refractivity contribution in [3.8, 4) is 11.1 Å². The van der Waals surface area contributed by atoms with Crippen LogP contribution < -0.4 is 5.73 Å². The summed E-state index contributed by atoms with van der Waals surface area (Å²) in [5.74, 6) is 0. The molecule has 2 heterocycles. The smallest absolute Gasteiger partial charge is 0.188 e. The standard InChI is InChI=1S/C22H18N4/c1-15-18(6-3-7-21(15)23)20-14-26(13-16-5-4-10-25-12-16)22-9-8-17(24-2)11-19(20)22/h3-12,14H,13,23H2,1H3. The number of anilines is 1. The van der Waals surface area contributed by atoms with Crippen LogP contribution >= 0.6 is 0 Å². The number of hydrogen-bond acceptors (Lipinski definition) is 2. The molecule has 0 aliphatic rings. The molecule has 4 heteroatoms. The zero-order valence-corrected chi connectivity index (χ0v) is 14.5. The lowest BCUT2D eigenvalue weighted by Gasteiger charge is -2.07. The fourth-order valence-corrected chi connectivity index (χ4v) is 3.33. The van der Waals surface area contributed by atoms with Crippen LogP contribution in [0.1, 0.15) is 11.1 Å². The minimum Gasteiger partial charge on any atom is -0.398 e. The van der Waals surface area contributed by atoms with E-state index >= 15 is 0 Å². The maximum Gasteiger partial charge on any atom is 0.188 e. The average molecular weight is 338 g/mol. The van der Waals surface area contributed by atoms with E-state index < -0.39 is 0 Å². The van der Waals surface area contributed by atoms with E-state index in [0.717, 1.165) is 45.4 Å². The lowest BCUT2D eigenvalue weighted by molar-refractivity contribution is 0.832. The van der Waals surface area contributed by atoms with E-state index in [-0.39, 0.29) is 0 Å². The lowest BCUT2D eigenvalue weighted by atomic mass is 9.99. The average Bonchev–Trinajstić information content (AvgIpc) is 3.02. The first-order valence-electron chi connectivity index (χ1n) is 8.42. The fourth-order valence-electron chi connectivity index (χ4n) is 3.33. The number of nitrogens with two attached hydrogens (primary N) is 1. The highest BCUT2D eigenvalue weighted by molar-refractivity contribution is 5.99. The van der Waals surface area contributed by atoms with Gasteiger partial charge in [0.1, 0.15) is 0 Å². The van der Waals surface area contributed by atoms with Gasteiger partial charge in [-0.05, 0) is 53.3 Å². The first kappa shape index (κ1) is 15.9. The van der Waals surface area contributed by atoms with Gasteiger partial charge in [0.05, 0.1) is 6.57 Å². The predicted octanol–water partition coefficient (Wildman–Crippen LogP) is 5.19. The summed E-state index contributed by atoms with van der Waals surface area (Å²) in [6, 6.07) is 15.8. The van der Waals surface area contributed by atoms with Crippen molar-refractivity contribution in [1.29, 1.82) is 0 Å². The summed E-state index contributed by atoms with van der Waals surface area (Å²) in [5.41, 5.74) is 13.0. The van der Waals surface area contributed by atoms with Gasteiger partial charge in [-0.1, -0.05) is 24.3 Å². The maximum atomic E-state index is 7.35. The molecule has 0 spiro atoms. The molecule has 0 saturated heterocycles. The molecule has 4 rings (SSSR count). The number of pyridine rings is 1. The number of nitrogen functional groups attached to an aromatic ring is 1. The predicted molar refractivity (Wildman–Crippen MR) is 106 cm³/mol. The molecule has 0 saturated carbocycles. The van der Waals surface area contributed by atoms with Crippen LogP contribution in [0.25, 0.3) is 26.9 Å². The van der Waals surface area contributed by atoms with Crippen LogP contribution in [0.3, 0.4) is 0 Å². The van der Waals surface area contributed by atoms with Gasteiger partial charge < -0.3 is 10.3 Å². The van der Waals surface area contributed by atoms with Crippen molar-refractivity contribution in [1.82, 2.24) is 9.55 Å². The summed E-state index contributed by atoms with van der Waals surface area (Å²) in [4.78, 5) is 7.80. The molecule has 0 fully saturated rings. The molecular formula is C22H18N4. The van der Waals surface area contributed by atoms with E-state index in [2.05, 4.69) is 32.7 Å². The van der Waals surface area contributed by atoms with Crippen LogP contribution in [0.2, 0.25) is 0 Å². The van der Waals surface area contributed by atoms with Crippen molar-refractivity contribution >= 4 is 22.3 Å². The van der Waals surface area contributed by atoms with Crippen molar-refractivity contribution < 1.29 is 0 Å². The van der Waals surface area contributed by atoms with Crippen molar-refractivity contribution in [2.24, 2.45) is 0 Å². The third-order valence-electron chi connectivity index (χ3n) is 4.74. The third kappa shape index (κ3) is 2.70. The summed E-state index contributed by atoms with van der Waals surface area (Å²) in [6.45, 7) is 10.1. The number of benzene rings is 2. The summed E-state index contributed by atoms with van der Waals surface area (Å²) in [6.07, 6.45) is 5.80. The van der Waals surface area contributed by atoms with Crippen molar-refractivity contribution in [3.05, 3.63) is 89.7 Å². The van der Waals surface area contributed by atoms with E-state index in [0.29, 0.717) is 5.69 Å². The highest BCUT2D eigenvalue weighted by atomic mass is 15.0. The molecule has 4 nitrogen and oxygen atoms in total. The minimum atomic E-state index is 0.638. The second-order valence-corrected chi connectivity index (χ2v) is 6.37. The Kier molecular flexibility index (Phi) is 3.91. The molecule has 26 heavy (non-hydrogen) atoms. The molecule has 126 valence electrons. The van der Waals surface area contributed by atoms with E-state index in [1.165, 1.54) is 0 Å². The molecule has 2 N–H and O–H groups in total. The number of rotatable bonds is 3. The molecule has 4 aromatic rings. The van der Waals surface area contributed by atoms with Crippen LogP contribution in [0.15, 0.2) is 67.1 Å². The van der Waals surface area contributed by atoms with Gasteiger partial charge in [0.25, 0.3) is 0 Å². The minimum absolute atomic E-state index is 0.638. The topological polar surface area (TPSA) is 48.2 Å². The molecular weight excluding hydrogens is 320 g/mol. The Morgan fingerprint density at radius 2 is 2.00 bits per heavy atom. The quantitative estimate of drug-likeness (QED) is 0.412. The van der Waals surface area contributed by atoms with Gasteiger partial charge in [-0.3, -0.25) is 4.98 Å². The van der Waals surface area contributed by atoms with Gasteiger partial charge >= 0.3 is 0 Å². The van der Waals surface area contributed by atoms with Crippen LogP contribution in [0, 0.1) is 13.5 Å². The SMILES string of the molecule is [C-]#[N+]c1ccc2c(c1)c(-c1cccc(N)c1C)cn2Cc1cccnc1. The summed E-state index contributed by atoms with van der Waals surface area (Å²) < 4.78 is 2.21. The Labute approximate surface area is 152 Å². The third-order valence-corrected chi connectivity index (χ3v) is 4.74. The van der Waals surface area contributed by atoms with Crippen molar-refractivity contribution in [2.45, 2.75) is 13.5 Å². The van der Waals surface area contributed by atoms with Gasteiger partial charge in [-0.25, -0.2) is 4.85 Å². The Balaban J connectivity index is 1.95. The number of fused-ring (bicyclic) bond motifs is 1. The van der Waals surface area contributed by atoms with Crippen molar-refractivity contribution in [2.75, 3.05) is 5.73 Å². The number of hydrogen-bond donors (Lipinski definition) is 1. The van der Waals surface area contributed by atoms with E-state index in [9.17, 15) is 0 Å². The van der Waals surface area contributed by atoms with E-state index in [4.69, 9.17) is 12.3 Å². The fraction of sp³-hybridized carbons (Fsp3) is 0.0909. The summed E-state index contributed by atoms with van der Waals surface area (Å²) >= 11 is 0. The largest absolute Gasteiger partial charge is 0.398 e. The summed E-state index contributed by atoms with van der Waals surface area (Å²) in [7, 11) is 0. The molecule has 0 bridgehead atoms. The lowest BCUT2D eigenvalue weighted by Crippen LogP contribution is -1.98. The first-order valence-corrected chi connectivity index (χ1v) is 8.42.